The summed E-state index contributed by atoms with van der Waals surface area (Å²) in [5, 5.41) is 1.00. The van der Waals surface area contributed by atoms with Gasteiger partial charge < -0.3 is 14.2 Å². The molecule has 0 saturated heterocycles. The summed E-state index contributed by atoms with van der Waals surface area (Å²) in [6, 6.07) is 9.81. The summed E-state index contributed by atoms with van der Waals surface area (Å²) >= 11 is 0. The van der Waals surface area contributed by atoms with E-state index in [1.165, 1.54) is 0 Å². The van der Waals surface area contributed by atoms with Crippen LogP contribution in [-0.2, 0) is 0 Å². The predicted octanol–water partition coefficient (Wildman–Crippen LogP) is 3.03. The molecule has 1 aliphatic rings. The first-order valence-corrected chi connectivity index (χ1v) is 6.53. The van der Waals surface area contributed by atoms with Crippen molar-refractivity contribution in [3.8, 4) is 28.4 Å². The molecule has 21 heavy (non-hydrogen) atoms. The average molecular weight is 280 g/mol. The number of hydrogen-bond acceptors (Lipinski definition) is 5. The number of fused-ring (bicyclic) bond motifs is 2. The van der Waals surface area contributed by atoms with Crippen LogP contribution in [0.3, 0.4) is 0 Å². The summed E-state index contributed by atoms with van der Waals surface area (Å²) in [6.07, 6.45) is 3.34. The zero-order valence-electron chi connectivity index (χ0n) is 11.4. The Kier molecular flexibility index (Phi) is 2.64. The van der Waals surface area contributed by atoms with Crippen LogP contribution in [0, 0.1) is 0 Å². The van der Waals surface area contributed by atoms with Crippen molar-refractivity contribution in [2.75, 3.05) is 13.9 Å². The van der Waals surface area contributed by atoms with Crippen molar-refractivity contribution < 1.29 is 14.2 Å². The van der Waals surface area contributed by atoms with Crippen molar-refractivity contribution in [1.29, 1.82) is 0 Å². The standard InChI is InChI=1S/C16H12N2O3/c1-19-14-6-16-15(20-9-21-16)5-12(14)10-2-3-11-7-17-8-18-13(11)4-10/h2-8H,9H2,1H3. The van der Waals surface area contributed by atoms with Gasteiger partial charge in [0.15, 0.2) is 11.5 Å². The molecule has 0 saturated carbocycles. The Balaban J connectivity index is 1.91. The Hall–Kier alpha value is -2.82. The molecule has 2 aromatic carbocycles. The minimum Gasteiger partial charge on any atom is -0.496 e. The Bertz CT molecular complexity index is 833. The van der Waals surface area contributed by atoms with E-state index in [4.69, 9.17) is 14.2 Å². The van der Waals surface area contributed by atoms with Crippen LogP contribution in [0.5, 0.6) is 17.2 Å². The molecule has 0 N–H and O–H groups in total. The van der Waals surface area contributed by atoms with Crippen LogP contribution in [0.1, 0.15) is 0 Å². The van der Waals surface area contributed by atoms with Gasteiger partial charge in [0.25, 0.3) is 0 Å². The SMILES string of the molecule is COc1cc2c(cc1-c1ccc3cncnc3c1)OCO2. The minimum atomic E-state index is 0.243. The van der Waals surface area contributed by atoms with E-state index < -0.39 is 0 Å². The molecule has 1 aliphatic heterocycles. The zero-order chi connectivity index (χ0) is 14.2. The minimum absolute atomic E-state index is 0.243. The van der Waals surface area contributed by atoms with E-state index in [0.717, 1.165) is 33.5 Å². The summed E-state index contributed by atoms with van der Waals surface area (Å²) in [7, 11) is 1.64. The number of benzene rings is 2. The quantitative estimate of drug-likeness (QED) is 0.722. The molecule has 0 aliphatic carbocycles. The molecule has 0 amide bonds. The third-order valence-electron chi connectivity index (χ3n) is 3.51. The lowest BCUT2D eigenvalue weighted by Gasteiger charge is -2.10. The van der Waals surface area contributed by atoms with Crippen molar-refractivity contribution in [2.45, 2.75) is 0 Å². The molecule has 0 spiro atoms. The third-order valence-corrected chi connectivity index (χ3v) is 3.51. The summed E-state index contributed by atoms with van der Waals surface area (Å²) in [6.45, 7) is 0.243. The molecule has 3 aromatic rings. The van der Waals surface area contributed by atoms with Gasteiger partial charge in [0.1, 0.15) is 12.1 Å². The van der Waals surface area contributed by atoms with E-state index in [9.17, 15) is 0 Å². The van der Waals surface area contributed by atoms with Gasteiger partial charge in [-0.3, -0.25) is 0 Å². The van der Waals surface area contributed by atoms with Crippen molar-refractivity contribution in [3.63, 3.8) is 0 Å². The fourth-order valence-electron chi connectivity index (χ4n) is 2.46. The Morgan fingerprint density at radius 2 is 1.95 bits per heavy atom. The maximum Gasteiger partial charge on any atom is 0.231 e. The molecular weight excluding hydrogens is 268 g/mol. The van der Waals surface area contributed by atoms with E-state index in [1.54, 1.807) is 19.6 Å². The van der Waals surface area contributed by atoms with Crippen LogP contribution in [0.4, 0.5) is 0 Å². The first-order chi connectivity index (χ1) is 10.3. The van der Waals surface area contributed by atoms with Crippen molar-refractivity contribution in [2.24, 2.45) is 0 Å². The first-order valence-electron chi connectivity index (χ1n) is 6.53. The van der Waals surface area contributed by atoms with Crippen LogP contribution in [0.25, 0.3) is 22.0 Å². The van der Waals surface area contributed by atoms with Gasteiger partial charge in [-0.1, -0.05) is 12.1 Å². The number of aromatic nitrogens is 2. The molecule has 104 valence electrons. The maximum atomic E-state index is 5.47. The van der Waals surface area contributed by atoms with Gasteiger partial charge in [-0.25, -0.2) is 9.97 Å². The van der Waals surface area contributed by atoms with Crippen LogP contribution >= 0.6 is 0 Å². The van der Waals surface area contributed by atoms with Gasteiger partial charge in [0.2, 0.25) is 6.79 Å². The smallest absolute Gasteiger partial charge is 0.231 e. The predicted molar refractivity (Wildman–Crippen MR) is 77.6 cm³/mol. The van der Waals surface area contributed by atoms with Gasteiger partial charge in [0, 0.05) is 23.2 Å². The fourth-order valence-corrected chi connectivity index (χ4v) is 2.46. The fraction of sp³-hybridized carbons (Fsp3) is 0.125. The molecule has 0 atom stereocenters. The number of methoxy groups -OCH3 is 1. The van der Waals surface area contributed by atoms with E-state index in [1.807, 2.05) is 30.3 Å². The molecule has 0 fully saturated rings. The van der Waals surface area contributed by atoms with E-state index in [0.29, 0.717) is 5.75 Å². The maximum absolute atomic E-state index is 5.47. The second kappa shape index (κ2) is 4.63. The highest BCUT2D eigenvalue weighted by Gasteiger charge is 2.18. The van der Waals surface area contributed by atoms with E-state index in [2.05, 4.69) is 9.97 Å². The van der Waals surface area contributed by atoms with Crippen LogP contribution < -0.4 is 14.2 Å². The summed E-state index contributed by atoms with van der Waals surface area (Å²) in [5.41, 5.74) is 2.85. The topological polar surface area (TPSA) is 53.5 Å². The lowest BCUT2D eigenvalue weighted by Crippen LogP contribution is -1.92. The van der Waals surface area contributed by atoms with E-state index >= 15 is 0 Å². The Morgan fingerprint density at radius 1 is 1.10 bits per heavy atom. The third kappa shape index (κ3) is 1.94. The van der Waals surface area contributed by atoms with Crippen LogP contribution in [-0.4, -0.2) is 23.9 Å². The van der Waals surface area contributed by atoms with Crippen molar-refractivity contribution >= 4 is 10.9 Å². The lowest BCUT2D eigenvalue weighted by atomic mass is 10.0. The Labute approximate surface area is 121 Å². The second-order valence-electron chi connectivity index (χ2n) is 4.70. The highest BCUT2D eigenvalue weighted by Crippen LogP contribution is 2.42. The van der Waals surface area contributed by atoms with Gasteiger partial charge >= 0.3 is 0 Å². The molecule has 5 heteroatoms. The average Bonchev–Trinajstić information content (AvgIpc) is 3.00. The zero-order valence-corrected chi connectivity index (χ0v) is 11.4. The molecule has 0 unspecified atom stereocenters. The molecule has 5 nitrogen and oxygen atoms in total. The van der Waals surface area contributed by atoms with E-state index in [-0.39, 0.29) is 6.79 Å². The molecular formula is C16H12N2O3. The molecule has 1 aromatic heterocycles. The Morgan fingerprint density at radius 3 is 2.81 bits per heavy atom. The molecule has 2 heterocycles. The van der Waals surface area contributed by atoms with Gasteiger partial charge in [0.05, 0.1) is 12.6 Å². The van der Waals surface area contributed by atoms with Crippen molar-refractivity contribution in [3.05, 3.63) is 42.9 Å². The number of nitrogens with zero attached hydrogens (tertiary/aromatic N) is 2. The molecule has 0 radical (unpaired) electrons. The molecule has 4 rings (SSSR count). The van der Waals surface area contributed by atoms with Gasteiger partial charge in [-0.15, -0.1) is 0 Å². The van der Waals surface area contributed by atoms with Gasteiger partial charge in [-0.2, -0.15) is 0 Å². The molecule has 0 bridgehead atoms. The first kappa shape index (κ1) is 12.0. The highest BCUT2D eigenvalue weighted by molar-refractivity contribution is 5.85. The van der Waals surface area contributed by atoms with Crippen molar-refractivity contribution in [1.82, 2.24) is 9.97 Å². The number of rotatable bonds is 2. The van der Waals surface area contributed by atoms with Crippen LogP contribution in [0.2, 0.25) is 0 Å². The normalized spacial score (nSPS) is 12.6. The summed E-state index contributed by atoms with van der Waals surface area (Å²) in [5.74, 6) is 2.18. The monoisotopic (exact) mass is 280 g/mol. The summed E-state index contributed by atoms with van der Waals surface area (Å²) < 4.78 is 16.3. The highest BCUT2D eigenvalue weighted by atomic mass is 16.7. The number of hydrogen-bond donors (Lipinski definition) is 0. The number of ether oxygens (including phenoxy) is 3. The summed E-state index contributed by atoms with van der Waals surface area (Å²) in [4.78, 5) is 8.31. The van der Waals surface area contributed by atoms with Gasteiger partial charge in [-0.05, 0) is 17.7 Å². The lowest BCUT2D eigenvalue weighted by molar-refractivity contribution is 0.174. The second-order valence-corrected chi connectivity index (χ2v) is 4.70. The largest absolute Gasteiger partial charge is 0.496 e. The van der Waals surface area contributed by atoms with Crippen LogP contribution in [0.15, 0.2) is 42.9 Å².